The summed E-state index contributed by atoms with van der Waals surface area (Å²) in [5.41, 5.74) is -1.22. The van der Waals surface area contributed by atoms with Gasteiger partial charge in [-0.05, 0) is 30.7 Å². The zero-order valence-corrected chi connectivity index (χ0v) is 14.0. The average molecular weight is 403 g/mol. The molecular weight excluding hydrogens is 396 g/mol. The van der Waals surface area contributed by atoms with Crippen molar-refractivity contribution in [2.24, 2.45) is 0 Å². The number of halogens is 6. The minimum Gasteiger partial charge on any atom is -0.286 e. The molecule has 140 valence electrons. The summed E-state index contributed by atoms with van der Waals surface area (Å²) >= 11 is 0.362. The van der Waals surface area contributed by atoms with Gasteiger partial charge in [-0.1, -0.05) is 11.3 Å². The molecule has 3 rings (SSSR count). The van der Waals surface area contributed by atoms with Crippen LogP contribution < -0.4 is 4.80 Å². The predicted octanol–water partition coefficient (Wildman–Crippen LogP) is 3.79. The van der Waals surface area contributed by atoms with E-state index in [4.69, 9.17) is 5.41 Å². The second kappa shape index (κ2) is 6.65. The van der Waals surface area contributed by atoms with Gasteiger partial charge in [0.05, 0.1) is 0 Å². The lowest BCUT2D eigenvalue weighted by atomic mass is 10.1. The number of carbonyl (C=O) groups is 1. The fourth-order valence-corrected chi connectivity index (χ4v) is 3.04. The maximum atomic E-state index is 13.9. The highest BCUT2D eigenvalue weighted by atomic mass is 32.1. The Morgan fingerprint density at radius 3 is 2.11 bits per heavy atom. The van der Waals surface area contributed by atoms with Crippen LogP contribution in [0.1, 0.15) is 20.9 Å². The molecule has 0 amide bonds. The molecule has 0 aliphatic carbocycles. The van der Waals surface area contributed by atoms with E-state index in [0.29, 0.717) is 11.3 Å². The van der Waals surface area contributed by atoms with Crippen molar-refractivity contribution < 1.29 is 31.1 Å². The molecule has 0 atom stereocenters. The van der Waals surface area contributed by atoms with E-state index >= 15 is 0 Å². The zero-order chi connectivity index (χ0) is 20.0. The van der Waals surface area contributed by atoms with Crippen LogP contribution in [0.15, 0.2) is 18.2 Å². The third kappa shape index (κ3) is 3.03. The fraction of sp³-hybridized carbons (Fsp3) is 0.0625. The van der Waals surface area contributed by atoms with Crippen LogP contribution in [-0.4, -0.2) is 15.6 Å². The molecule has 0 saturated carbocycles. The van der Waals surface area contributed by atoms with E-state index in [1.54, 1.807) is 0 Å². The Morgan fingerprint density at radius 1 is 1.00 bits per heavy atom. The lowest BCUT2D eigenvalue weighted by Crippen LogP contribution is -2.19. The normalized spacial score (nSPS) is 11.1. The zero-order valence-electron chi connectivity index (χ0n) is 13.2. The summed E-state index contributed by atoms with van der Waals surface area (Å²) in [6.07, 6.45) is 0. The SMILES string of the molecule is Cc1cc(F)ccc1C(=O)c1nn(-c2c(F)c(F)c(F)c(F)c2F)c(=N)s1. The number of nitrogens with zero attached hydrogens (tertiary/aromatic N) is 2. The number of carbonyl (C=O) groups excluding carboxylic acids is 1. The molecule has 0 unspecified atom stereocenters. The van der Waals surface area contributed by atoms with E-state index in [1.807, 2.05) is 0 Å². The number of hydrogen-bond acceptors (Lipinski definition) is 4. The highest BCUT2D eigenvalue weighted by Crippen LogP contribution is 2.25. The maximum absolute atomic E-state index is 13.9. The van der Waals surface area contributed by atoms with Gasteiger partial charge in [0.2, 0.25) is 16.4 Å². The van der Waals surface area contributed by atoms with Crippen molar-refractivity contribution in [3.63, 3.8) is 0 Å². The Morgan fingerprint density at radius 2 is 1.56 bits per heavy atom. The highest BCUT2D eigenvalue weighted by Gasteiger charge is 2.29. The first kappa shape index (κ1) is 18.8. The van der Waals surface area contributed by atoms with Crippen LogP contribution in [0.2, 0.25) is 0 Å². The maximum Gasteiger partial charge on any atom is 0.223 e. The molecule has 0 fully saturated rings. The van der Waals surface area contributed by atoms with Gasteiger partial charge >= 0.3 is 0 Å². The Labute approximate surface area is 150 Å². The van der Waals surface area contributed by atoms with Gasteiger partial charge in [0.25, 0.3) is 0 Å². The summed E-state index contributed by atoms with van der Waals surface area (Å²) in [4.78, 5) is 11.7. The Kier molecular flexibility index (Phi) is 4.64. The lowest BCUT2D eigenvalue weighted by Gasteiger charge is -2.07. The molecule has 2 aromatic carbocycles. The van der Waals surface area contributed by atoms with Gasteiger partial charge in [-0.15, -0.1) is 0 Å². The predicted molar refractivity (Wildman–Crippen MR) is 81.7 cm³/mol. The minimum atomic E-state index is -2.35. The van der Waals surface area contributed by atoms with Crippen LogP contribution >= 0.6 is 11.3 Å². The third-order valence-corrected chi connectivity index (χ3v) is 4.43. The van der Waals surface area contributed by atoms with E-state index in [2.05, 4.69) is 5.10 Å². The van der Waals surface area contributed by atoms with Gasteiger partial charge in [-0.2, -0.15) is 9.78 Å². The Hall–Kier alpha value is -2.95. The third-order valence-electron chi connectivity index (χ3n) is 3.60. The first-order valence-electron chi connectivity index (χ1n) is 7.11. The monoisotopic (exact) mass is 403 g/mol. The van der Waals surface area contributed by atoms with E-state index < -0.39 is 56.2 Å². The van der Waals surface area contributed by atoms with Crippen molar-refractivity contribution in [2.75, 3.05) is 0 Å². The van der Waals surface area contributed by atoms with Crippen LogP contribution in [0.25, 0.3) is 5.69 Å². The quantitative estimate of drug-likeness (QED) is 0.313. The van der Waals surface area contributed by atoms with E-state index in [0.717, 1.165) is 18.2 Å². The molecule has 3 aromatic rings. The topological polar surface area (TPSA) is 58.7 Å². The number of aryl methyl sites for hydroxylation is 1. The van der Waals surface area contributed by atoms with E-state index in [-0.39, 0.29) is 15.8 Å². The summed E-state index contributed by atoms with van der Waals surface area (Å²) < 4.78 is 81.1. The Balaban J connectivity index is 2.17. The molecular formula is C16H7F6N3OS. The molecule has 0 radical (unpaired) electrons. The van der Waals surface area contributed by atoms with Crippen LogP contribution in [0.5, 0.6) is 0 Å². The Bertz CT molecular complexity index is 1120. The second-order valence-electron chi connectivity index (χ2n) is 5.33. The molecule has 0 spiro atoms. The summed E-state index contributed by atoms with van der Waals surface area (Å²) in [7, 11) is 0. The number of hydrogen-bond donors (Lipinski definition) is 1. The molecule has 4 nitrogen and oxygen atoms in total. The summed E-state index contributed by atoms with van der Waals surface area (Å²) in [5, 5.41) is 10.8. The summed E-state index contributed by atoms with van der Waals surface area (Å²) in [6.45, 7) is 1.43. The van der Waals surface area contributed by atoms with Gasteiger partial charge in [-0.25, -0.2) is 26.3 Å². The summed E-state index contributed by atoms with van der Waals surface area (Å²) in [5.74, 6) is -12.5. The molecule has 0 bridgehead atoms. The van der Waals surface area contributed by atoms with Gasteiger partial charge in [0, 0.05) is 5.56 Å². The fourth-order valence-electron chi connectivity index (χ4n) is 2.31. The van der Waals surface area contributed by atoms with Crippen molar-refractivity contribution in [3.05, 3.63) is 74.0 Å². The molecule has 1 N–H and O–H groups in total. The number of benzene rings is 2. The smallest absolute Gasteiger partial charge is 0.223 e. The van der Waals surface area contributed by atoms with Crippen molar-refractivity contribution >= 4 is 17.1 Å². The molecule has 0 aliphatic heterocycles. The first-order chi connectivity index (χ1) is 12.6. The standard InChI is InChI=1S/C16H7F6N3OS/c1-5-4-6(17)2-3-7(5)14(26)15-24-25(16(23)27-15)13-11(21)9(19)8(18)10(20)12(13)22/h2-4,23H,1H3. The number of rotatable bonds is 3. The molecule has 1 aromatic heterocycles. The number of ketones is 1. The second-order valence-corrected chi connectivity index (χ2v) is 6.31. The number of nitrogens with one attached hydrogen (secondary N) is 1. The van der Waals surface area contributed by atoms with Crippen molar-refractivity contribution in [2.45, 2.75) is 6.92 Å². The lowest BCUT2D eigenvalue weighted by molar-refractivity contribution is 0.103. The average Bonchev–Trinajstić information content (AvgIpc) is 2.99. The van der Waals surface area contributed by atoms with Gasteiger partial charge in [-0.3, -0.25) is 10.2 Å². The van der Waals surface area contributed by atoms with Crippen LogP contribution in [0.4, 0.5) is 26.3 Å². The highest BCUT2D eigenvalue weighted by molar-refractivity contribution is 7.11. The van der Waals surface area contributed by atoms with Gasteiger partial charge in [0.15, 0.2) is 28.3 Å². The minimum absolute atomic E-state index is 0.00899. The van der Waals surface area contributed by atoms with Crippen LogP contribution in [0.3, 0.4) is 0 Å². The van der Waals surface area contributed by atoms with Crippen molar-refractivity contribution in [1.82, 2.24) is 9.78 Å². The molecule has 0 saturated heterocycles. The molecule has 11 heteroatoms. The molecule has 0 aliphatic rings. The van der Waals surface area contributed by atoms with E-state index in [9.17, 15) is 31.1 Å². The van der Waals surface area contributed by atoms with Gasteiger partial charge < -0.3 is 0 Å². The largest absolute Gasteiger partial charge is 0.286 e. The van der Waals surface area contributed by atoms with Crippen molar-refractivity contribution in [3.8, 4) is 5.69 Å². The first-order valence-corrected chi connectivity index (χ1v) is 7.92. The van der Waals surface area contributed by atoms with Gasteiger partial charge in [0.1, 0.15) is 11.5 Å². The van der Waals surface area contributed by atoms with E-state index in [1.165, 1.54) is 6.92 Å². The van der Waals surface area contributed by atoms with Crippen LogP contribution in [-0.2, 0) is 0 Å². The van der Waals surface area contributed by atoms with Crippen molar-refractivity contribution in [1.29, 1.82) is 5.41 Å². The van der Waals surface area contributed by atoms with Crippen LogP contribution in [0, 0.1) is 47.2 Å². The number of aromatic nitrogens is 2. The molecule has 1 heterocycles. The molecule has 27 heavy (non-hydrogen) atoms. The summed E-state index contributed by atoms with van der Waals surface area (Å²) in [6, 6.07) is 3.23.